The van der Waals surface area contributed by atoms with E-state index in [0.717, 1.165) is 15.6 Å². The van der Waals surface area contributed by atoms with Crippen LogP contribution in [0.15, 0.2) is 46.9 Å². The molecule has 0 aliphatic rings. The molecule has 0 bridgehead atoms. The maximum absolute atomic E-state index is 12.0. The van der Waals surface area contributed by atoms with E-state index in [1.54, 1.807) is 18.2 Å². The zero-order valence-electron chi connectivity index (χ0n) is 10.7. The van der Waals surface area contributed by atoms with Crippen LogP contribution in [-0.4, -0.2) is 5.91 Å². The summed E-state index contributed by atoms with van der Waals surface area (Å²) in [6.45, 7) is 0.427. The summed E-state index contributed by atoms with van der Waals surface area (Å²) in [7, 11) is 0. The van der Waals surface area contributed by atoms with Gasteiger partial charge >= 0.3 is 0 Å². The van der Waals surface area contributed by atoms with Crippen molar-refractivity contribution in [1.29, 1.82) is 0 Å². The lowest BCUT2D eigenvalue weighted by molar-refractivity contribution is -0.115. The van der Waals surface area contributed by atoms with Gasteiger partial charge < -0.3 is 11.1 Å². The van der Waals surface area contributed by atoms with Gasteiger partial charge in [-0.3, -0.25) is 4.79 Å². The molecule has 3 N–H and O–H groups in total. The van der Waals surface area contributed by atoms with Crippen molar-refractivity contribution in [2.75, 3.05) is 5.32 Å². The third-order valence-electron chi connectivity index (χ3n) is 2.89. The highest BCUT2D eigenvalue weighted by Gasteiger charge is 2.08. The molecule has 20 heavy (non-hydrogen) atoms. The summed E-state index contributed by atoms with van der Waals surface area (Å²) in [5, 5.41) is 3.45. The highest BCUT2D eigenvalue weighted by molar-refractivity contribution is 9.10. The molecular formula is C15H14BrClN2O. The molecule has 0 heterocycles. The number of nitrogens with two attached hydrogens (primary N) is 1. The third kappa shape index (κ3) is 3.82. The van der Waals surface area contributed by atoms with Gasteiger partial charge in [0.05, 0.1) is 11.4 Å². The summed E-state index contributed by atoms with van der Waals surface area (Å²) < 4.78 is 0.749. The Morgan fingerprint density at radius 2 is 1.90 bits per heavy atom. The second kappa shape index (κ2) is 6.88. The summed E-state index contributed by atoms with van der Waals surface area (Å²) in [4.78, 5) is 12.0. The zero-order chi connectivity index (χ0) is 14.5. The molecule has 3 nitrogen and oxygen atoms in total. The first-order valence-corrected chi connectivity index (χ1v) is 7.29. The molecule has 0 fully saturated rings. The highest BCUT2D eigenvalue weighted by atomic mass is 79.9. The van der Waals surface area contributed by atoms with Crippen LogP contribution in [0.4, 0.5) is 5.69 Å². The second-order valence-electron chi connectivity index (χ2n) is 4.33. The van der Waals surface area contributed by atoms with Crippen molar-refractivity contribution in [3.63, 3.8) is 0 Å². The number of hydrogen-bond acceptors (Lipinski definition) is 2. The molecule has 0 radical (unpaired) electrons. The Hall–Kier alpha value is -1.36. The fourth-order valence-corrected chi connectivity index (χ4v) is 2.38. The van der Waals surface area contributed by atoms with Crippen LogP contribution >= 0.6 is 27.5 Å². The summed E-state index contributed by atoms with van der Waals surface area (Å²) in [6.07, 6.45) is 0.299. The van der Waals surface area contributed by atoms with Crippen molar-refractivity contribution >= 4 is 39.1 Å². The van der Waals surface area contributed by atoms with Gasteiger partial charge in [-0.2, -0.15) is 0 Å². The van der Waals surface area contributed by atoms with E-state index in [0.29, 0.717) is 23.7 Å². The minimum Gasteiger partial charge on any atom is -0.326 e. The average Bonchev–Trinajstić information content (AvgIpc) is 2.43. The fraction of sp³-hybridized carbons (Fsp3) is 0.133. The van der Waals surface area contributed by atoms with Crippen LogP contribution in [0.3, 0.4) is 0 Å². The maximum atomic E-state index is 12.0. The topological polar surface area (TPSA) is 55.1 Å². The lowest BCUT2D eigenvalue weighted by atomic mass is 10.0. The standard InChI is InChI=1S/C15H14BrClN2O/c16-13-8-12(5-6-14(13)17)19-15(20)7-10-3-1-2-4-11(10)9-18/h1-6,8H,7,9,18H2,(H,19,20). The van der Waals surface area contributed by atoms with E-state index in [4.69, 9.17) is 17.3 Å². The first-order chi connectivity index (χ1) is 9.60. The number of nitrogens with one attached hydrogen (secondary N) is 1. The number of rotatable bonds is 4. The average molecular weight is 354 g/mol. The monoisotopic (exact) mass is 352 g/mol. The molecule has 0 aliphatic carbocycles. The molecule has 104 valence electrons. The van der Waals surface area contributed by atoms with E-state index in [-0.39, 0.29) is 5.91 Å². The Labute approximate surface area is 131 Å². The van der Waals surface area contributed by atoms with Gasteiger partial charge in [0.25, 0.3) is 0 Å². The maximum Gasteiger partial charge on any atom is 0.228 e. The van der Waals surface area contributed by atoms with Gasteiger partial charge in [-0.05, 0) is 45.3 Å². The van der Waals surface area contributed by atoms with Gasteiger partial charge in [-0.1, -0.05) is 35.9 Å². The minimum atomic E-state index is -0.0832. The van der Waals surface area contributed by atoms with E-state index in [1.807, 2.05) is 24.3 Å². The van der Waals surface area contributed by atoms with Gasteiger partial charge in [-0.25, -0.2) is 0 Å². The Bertz CT molecular complexity index is 631. The Balaban J connectivity index is 2.07. The largest absolute Gasteiger partial charge is 0.326 e. The lowest BCUT2D eigenvalue weighted by Crippen LogP contribution is -2.16. The lowest BCUT2D eigenvalue weighted by Gasteiger charge is -2.09. The first-order valence-electron chi connectivity index (χ1n) is 6.12. The SMILES string of the molecule is NCc1ccccc1CC(=O)Nc1ccc(Cl)c(Br)c1. The fourth-order valence-electron chi connectivity index (χ4n) is 1.88. The molecule has 0 aliphatic heterocycles. The molecular weight excluding hydrogens is 340 g/mol. The van der Waals surface area contributed by atoms with Gasteiger partial charge in [0, 0.05) is 16.7 Å². The van der Waals surface area contributed by atoms with Crippen molar-refractivity contribution in [3.05, 3.63) is 63.1 Å². The van der Waals surface area contributed by atoms with Crippen molar-refractivity contribution in [1.82, 2.24) is 0 Å². The van der Waals surface area contributed by atoms with Crippen LogP contribution < -0.4 is 11.1 Å². The molecule has 0 atom stereocenters. The van der Waals surface area contributed by atoms with Crippen LogP contribution in [-0.2, 0) is 17.8 Å². The summed E-state index contributed by atoms with van der Waals surface area (Å²) >= 11 is 9.24. The summed E-state index contributed by atoms with van der Waals surface area (Å²) in [5.41, 5.74) is 8.30. The van der Waals surface area contributed by atoms with E-state index < -0.39 is 0 Å². The van der Waals surface area contributed by atoms with E-state index >= 15 is 0 Å². The molecule has 2 aromatic carbocycles. The Morgan fingerprint density at radius 1 is 1.20 bits per heavy atom. The smallest absolute Gasteiger partial charge is 0.228 e. The van der Waals surface area contributed by atoms with Crippen LogP contribution in [0.25, 0.3) is 0 Å². The second-order valence-corrected chi connectivity index (χ2v) is 5.59. The normalized spacial score (nSPS) is 10.3. The summed E-state index contributed by atoms with van der Waals surface area (Å²) in [6, 6.07) is 12.9. The van der Waals surface area contributed by atoms with Crippen molar-refractivity contribution in [2.24, 2.45) is 5.73 Å². The Kier molecular flexibility index (Phi) is 5.17. The number of benzene rings is 2. The number of amides is 1. The third-order valence-corrected chi connectivity index (χ3v) is 4.11. The highest BCUT2D eigenvalue weighted by Crippen LogP contribution is 2.25. The van der Waals surface area contributed by atoms with E-state index in [1.165, 1.54) is 0 Å². The first kappa shape index (κ1) is 15.0. The van der Waals surface area contributed by atoms with Crippen LogP contribution in [0.2, 0.25) is 5.02 Å². The van der Waals surface area contributed by atoms with Crippen molar-refractivity contribution in [2.45, 2.75) is 13.0 Å². The van der Waals surface area contributed by atoms with Crippen LogP contribution in [0.5, 0.6) is 0 Å². The molecule has 0 saturated carbocycles. The van der Waals surface area contributed by atoms with Crippen LogP contribution in [0.1, 0.15) is 11.1 Å². The molecule has 0 aromatic heterocycles. The number of carbonyl (C=O) groups excluding carboxylic acids is 1. The van der Waals surface area contributed by atoms with Gasteiger partial charge in [0.2, 0.25) is 5.91 Å². The number of carbonyl (C=O) groups is 1. The molecule has 2 rings (SSSR count). The number of hydrogen-bond donors (Lipinski definition) is 2. The molecule has 1 amide bonds. The quantitative estimate of drug-likeness (QED) is 0.879. The van der Waals surface area contributed by atoms with Gasteiger partial charge in [0.1, 0.15) is 0 Å². The van der Waals surface area contributed by atoms with Crippen LogP contribution in [0, 0.1) is 0 Å². The summed E-state index contributed by atoms with van der Waals surface area (Å²) in [5.74, 6) is -0.0832. The molecule has 5 heteroatoms. The number of halogens is 2. The van der Waals surface area contributed by atoms with Crippen molar-refractivity contribution < 1.29 is 4.79 Å². The van der Waals surface area contributed by atoms with Crippen molar-refractivity contribution in [3.8, 4) is 0 Å². The predicted octanol–water partition coefficient (Wildman–Crippen LogP) is 3.74. The minimum absolute atomic E-state index is 0.0832. The zero-order valence-corrected chi connectivity index (χ0v) is 13.0. The number of anilines is 1. The predicted molar refractivity (Wildman–Crippen MR) is 85.8 cm³/mol. The Morgan fingerprint density at radius 3 is 2.55 bits per heavy atom. The van der Waals surface area contributed by atoms with E-state index in [9.17, 15) is 4.79 Å². The molecule has 2 aromatic rings. The van der Waals surface area contributed by atoms with Gasteiger partial charge in [0.15, 0.2) is 0 Å². The van der Waals surface area contributed by atoms with E-state index in [2.05, 4.69) is 21.2 Å². The molecule has 0 saturated heterocycles. The van der Waals surface area contributed by atoms with Gasteiger partial charge in [-0.15, -0.1) is 0 Å². The molecule has 0 unspecified atom stereocenters. The molecule has 0 spiro atoms.